The van der Waals surface area contributed by atoms with Gasteiger partial charge in [-0.05, 0) is 5.56 Å². The standard InChI is InChI=1S/C15H17NO3/c1-10-11(2)15(19)16(14(10)18)9-13(17)8-12-6-4-3-5-7-12/h3-7,10-11H,8-9H2,1-2H3. The lowest BCUT2D eigenvalue weighted by Gasteiger charge is -2.13. The molecule has 0 spiro atoms. The fourth-order valence-corrected chi connectivity index (χ4v) is 2.24. The summed E-state index contributed by atoms with van der Waals surface area (Å²) in [5, 5.41) is 0. The molecule has 1 fully saturated rings. The van der Waals surface area contributed by atoms with Gasteiger partial charge in [-0.1, -0.05) is 44.2 Å². The average Bonchev–Trinajstić information content (AvgIpc) is 2.58. The molecule has 0 bridgehead atoms. The summed E-state index contributed by atoms with van der Waals surface area (Å²) in [6.07, 6.45) is 0.251. The fourth-order valence-electron chi connectivity index (χ4n) is 2.24. The molecule has 1 aliphatic heterocycles. The molecule has 2 amide bonds. The summed E-state index contributed by atoms with van der Waals surface area (Å²) in [5.74, 6) is -1.24. The van der Waals surface area contributed by atoms with Crippen molar-refractivity contribution >= 4 is 17.6 Å². The molecule has 0 saturated carbocycles. The topological polar surface area (TPSA) is 54.5 Å². The molecule has 2 atom stereocenters. The molecule has 0 aliphatic carbocycles. The SMILES string of the molecule is CC1C(=O)N(CC(=O)Cc2ccccc2)C(=O)C1C. The number of likely N-dealkylation sites (tertiary alicyclic amines) is 1. The van der Waals surface area contributed by atoms with Gasteiger partial charge >= 0.3 is 0 Å². The van der Waals surface area contributed by atoms with E-state index in [1.165, 1.54) is 0 Å². The number of amides is 2. The van der Waals surface area contributed by atoms with Crippen LogP contribution in [-0.4, -0.2) is 29.0 Å². The molecule has 0 aromatic heterocycles. The number of hydrogen-bond donors (Lipinski definition) is 0. The highest BCUT2D eigenvalue weighted by Crippen LogP contribution is 2.25. The molecule has 4 nitrogen and oxygen atoms in total. The fraction of sp³-hybridized carbons (Fsp3) is 0.400. The molecule has 19 heavy (non-hydrogen) atoms. The van der Waals surface area contributed by atoms with Crippen molar-refractivity contribution in [1.29, 1.82) is 0 Å². The monoisotopic (exact) mass is 259 g/mol. The molecule has 1 saturated heterocycles. The average molecular weight is 259 g/mol. The summed E-state index contributed by atoms with van der Waals surface area (Å²) in [7, 11) is 0. The summed E-state index contributed by atoms with van der Waals surface area (Å²) in [6, 6.07) is 9.32. The minimum absolute atomic E-state index is 0.110. The van der Waals surface area contributed by atoms with Gasteiger partial charge in [-0.25, -0.2) is 0 Å². The summed E-state index contributed by atoms with van der Waals surface area (Å²) < 4.78 is 0. The van der Waals surface area contributed by atoms with Crippen LogP contribution in [0.2, 0.25) is 0 Å². The minimum atomic E-state index is -0.322. The van der Waals surface area contributed by atoms with Crippen LogP contribution in [0, 0.1) is 11.8 Å². The Kier molecular flexibility index (Phi) is 3.79. The zero-order valence-electron chi connectivity index (χ0n) is 11.1. The molecule has 0 N–H and O–H groups in total. The second-order valence-corrected chi connectivity index (χ2v) is 5.04. The molecule has 1 aliphatic rings. The van der Waals surface area contributed by atoms with E-state index in [0.717, 1.165) is 10.5 Å². The zero-order valence-corrected chi connectivity index (χ0v) is 11.1. The molecule has 100 valence electrons. The van der Waals surface area contributed by atoms with Crippen molar-refractivity contribution < 1.29 is 14.4 Å². The largest absolute Gasteiger partial charge is 0.297 e. The lowest BCUT2D eigenvalue weighted by Crippen LogP contribution is -2.36. The number of imide groups is 1. The van der Waals surface area contributed by atoms with E-state index < -0.39 is 0 Å². The molecular weight excluding hydrogens is 242 g/mol. The van der Waals surface area contributed by atoms with Crippen LogP contribution in [0.3, 0.4) is 0 Å². The van der Waals surface area contributed by atoms with Gasteiger partial charge in [0.2, 0.25) is 11.8 Å². The molecule has 2 unspecified atom stereocenters. The lowest BCUT2D eigenvalue weighted by atomic mass is 10.00. The molecule has 2 rings (SSSR count). The van der Waals surface area contributed by atoms with Crippen molar-refractivity contribution in [3.63, 3.8) is 0 Å². The van der Waals surface area contributed by atoms with Gasteiger partial charge in [-0.3, -0.25) is 19.3 Å². The Balaban J connectivity index is 2.00. The van der Waals surface area contributed by atoms with Crippen molar-refractivity contribution in [2.24, 2.45) is 11.8 Å². The Morgan fingerprint density at radius 3 is 2.11 bits per heavy atom. The van der Waals surface area contributed by atoms with Crippen LogP contribution in [0.15, 0.2) is 30.3 Å². The molecule has 4 heteroatoms. The Morgan fingerprint density at radius 1 is 1.05 bits per heavy atom. The van der Waals surface area contributed by atoms with E-state index in [9.17, 15) is 14.4 Å². The minimum Gasteiger partial charge on any atom is -0.297 e. The van der Waals surface area contributed by atoms with E-state index in [0.29, 0.717) is 0 Å². The van der Waals surface area contributed by atoms with E-state index >= 15 is 0 Å². The third-order valence-corrected chi connectivity index (χ3v) is 3.64. The summed E-state index contributed by atoms with van der Waals surface area (Å²) in [4.78, 5) is 36.8. The van der Waals surface area contributed by atoms with Crippen LogP contribution >= 0.6 is 0 Å². The Hall–Kier alpha value is -1.97. The maximum Gasteiger partial charge on any atom is 0.233 e. The molecule has 0 radical (unpaired) electrons. The first kappa shape index (κ1) is 13.5. The van der Waals surface area contributed by atoms with Crippen molar-refractivity contribution in [3.8, 4) is 0 Å². The maximum absolute atomic E-state index is 11.9. The number of rotatable bonds is 4. The smallest absolute Gasteiger partial charge is 0.233 e. The van der Waals surface area contributed by atoms with E-state index in [4.69, 9.17) is 0 Å². The molecule has 1 aromatic carbocycles. The normalized spacial score (nSPS) is 22.9. The van der Waals surface area contributed by atoms with Crippen molar-refractivity contribution in [3.05, 3.63) is 35.9 Å². The number of carbonyl (C=O) groups excluding carboxylic acids is 3. The van der Waals surface area contributed by atoms with Crippen LogP contribution in [0.1, 0.15) is 19.4 Å². The van der Waals surface area contributed by atoms with Gasteiger partial charge in [0, 0.05) is 18.3 Å². The van der Waals surface area contributed by atoms with Gasteiger partial charge in [0.15, 0.2) is 5.78 Å². The number of hydrogen-bond acceptors (Lipinski definition) is 3. The van der Waals surface area contributed by atoms with Gasteiger partial charge in [0.1, 0.15) is 0 Å². The maximum atomic E-state index is 11.9. The molecule has 1 aromatic rings. The summed E-state index contributed by atoms with van der Waals surface area (Å²) in [5.41, 5.74) is 0.896. The third-order valence-electron chi connectivity index (χ3n) is 3.64. The third kappa shape index (κ3) is 2.72. The van der Waals surface area contributed by atoms with Gasteiger partial charge in [0.25, 0.3) is 0 Å². The first-order valence-electron chi connectivity index (χ1n) is 6.41. The van der Waals surface area contributed by atoms with E-state index in [-0.39, 0.29) is 42.4 Å². The van der Waals surface area contributed by atoms with Crippen LogP contribution < -0.4 is 0 Å². The Bertz CT molecular complexity index is 489. The number of Topliss-reactive ketones (excluding diaryl/α,β-unsaturated/α-hetero) is 1. The van der Waals surface area contributed by atoms with Crippen molar-refractivity contribution in [1.82, 2.24) is 4.90 Å². The van der Waals surface area contributed by atoms with E-state index in [1.807, 2.05) is 30.3 Å². The predicted octanol–water partition coefficient (Wildman–Crippen LogP) is 1.44. The zero-order chi connectivity index (χ0) is 14.0. The molecular formula is C15H17NO3. The predicted molar refractivity (Wildman–Crippen MR) is 70.2 cm³/mol. The van der Waals surface area contributed by atoms with Crippen molar-refractivity contribution in [2.75, 3.05) is 6.54 Å². The molecule has 1 heterocycles. The highest BCUT2D eigenvalue weighted by Gasteiger charge is 2.42. The first-order valence-corrected chi connectivity index (χ1v) is 6.41. The van der Waals surface area contributed by atoms with Crippen LogP contribution in [-0.2, 0) is 20.8 Å². The van der Waals surface area contributed by atoms with Crippen molar-refractivity contribution in [2.45, 2.75) is 20.3 Å². The van der Waals surface area contributed by atoms with Crippen LogP contribution in [0.4, 0.5) is 0 Å². The second kappa shape index (κ2) is 5.34. The highest BCUT2D eigenvalue weighted by molar-refractivity contribution is 6.07. The number of nitrogens with zero attached hydrogens (tertiary/aromatic N) is 1. The van der Waals surface area contributed by atoms with Crippen LogP contribution in [0.25, 0.3) is 0 Å². The van der Waals surface area contributed by atoms with Gasteiger partial charge < -0.3 is 0 Å². The summed E-state index contributed by atoms with van der Waals surface area (Å²) >= 11 is 0. The van der Waals surface area contributed by atoms with Crippen LogP contribution in [0.5, 0.6) is 0 Å². The second-order valence-electron chi connectivity index (χ2n) is 5.04. The quantitative estimate of drug-likeness (QED) is 0.769. The Labute approximate surface area is 112 Å². The Morgan fingerprint density at radius 2 is 1.58 bits per heavy atom. The van der Waals surface area contributed by atoms with Gasteiger partial charge in [-0.2, -0.15) is 0 Å². The summed E-state index contributed by atoms with van der Waals surface area (Å²) in [6.45, 7) is 3.35. The van der Waals surface area contributed by atoms with E-state index in [2.05, 4.69) is 0 Å². The number of carbonyl (C=O) groups is 3. The lowest BCUT2D eigenvalue weighted by molar-refractivity contribution is -0.143. The first-order chi connectivity index (χ1) is 9.00. The number of benzene rings is 1. The number of ketones is 1. The van der Waals surface area contributed by atoms with Gasteiger partial charge in [-0.15, -0.1) is 0 Å². The van der Waals surface area contributed by atoms with E-state index in [1.54, 1.807) is 13.8 Å². The highest BCUT2D eigenvalue weighted by atomic mass is 16.2. The van der Waals surface area contributed by atoms with Gasteiger partial charge in [0.05, 0.1) is 6.54 Å².